The van der Waals surface area contributed by atoms with Crippen LogP contribution in [0.3, 0.4) is 0 Å². The van der Waals surface area contributed by atoms with Crippen LogP contribution in [0.2, 0.25) is 0 Å². The Labute approximate surface area is 192 Å². The van der Waals surface area contributed by atoms with Crippen LogP contribution in [-0.2, 0) is 17.2 Å². The van der Waals surface area contributed by atoms with Gasteiger partial charge in [0.05, 0.1) is 18.5 Å². The summed E-state index contributed by atoms with van der Waals surface area (Å²) >= 11 is 0. The fourth-order valence-corrected chi connectivity index (χ4v) is 4.46. The SMILES string of the molecule is CCc1cnc(N2CCC([C@H](C)COc3ccc(-c4ccc(S(C)=O)cc4)nc3)C2)nc1. The van der Waals surface area contributed by atoms with Gasteiger partial charge in [0, 0.05) is 53.0 Å². The van der Waals surface area contributed by atoms with E-state index in [1.807, 2.05) is 48.8 Å². The molecule has 7 heteroatoms. The Morgan fingerprint density at radius 3 is 2.47 bits per heavy atom. The van der Waals surface area contributed by atoms with Crippen molar-refractivity contribution < 1.29 is 8.95 Å². The van der Waals surface area contributed by atoms with Crippen LogP contribution >= 0.6 is 0 Å². The van der Waals surface area contributed by atoms with Crippen LogP contribution in [0.15, 0.2) is 59.9 Å². The van der Waals surface area contributed by atoms with Crippen molar-refractivity contribution in [1.29, 1.82) is 0 Å². The highest BCUT2D eigenvalue weighted by molar-refractivity contribution is 7.84. The zero-order valence-electron chi connectivity index (χ0n) is 18.9. The van der Waals surface area contributed by atoms with E-state index < -0.39 is 10.8 Å². The zero-order chi connectivity index (χ0) is 22.5. The predicted molar refractivity (Wildman–Crippen MR) is 128 cm³/mol. The summed E-state index contributed by atoms with van der Waals surface area (Å²) in [6, 6.07) is 11.6. The molecule has 2 unspecified atom stereocenters. The maximum Gasteiger partial charge on any atom is 0.225 e. The van der Waals surface area contributed by atoms with Crippen molar-refractivity contribution in [1.82, 2.24) is 15.0 Å². The van der Waals surface area contributed by atoms with Gasteiger partial charge in [-0.25, -0.2) is 9.97 Å². The average molecular weight is 451 g/mol. The maximum absolute atomic E-state index is 11.5. The summed E-state index contributed by atoms with van der Waals surface area (Å²) in [5.74, 6) is 2.59. The molecule has 0 bridgehead atoms. The monoisotopic (exact) mass is 450 g/mol. The molecule has 0 N–H and O–H groups in total. The number of pyridine rings is 1. The van der Waals surface area contributed by atoms with Crippen molar-refractivity contribution in [3.8, 4) is 17.0 Å². The minimum atomic E-state index is -0.971. The highest BCUT2D eigenvalue weighted by Gasteiger charge is 2.28. The lowest BCUT2D eigenvalue weighted by Gasteiger charge is -2.21. The summed E-state index contributed by atoms with van der Waals surface area (Å²) in [4.78, 5) is 16.7. The second-order valence-corrected chi connectivity index (χ2v) is 9.77. The first-order chi connectivity index (χ1) is 15.5. The molecule has 32 heavy (non-hydrogen) atoms. The zero-order valence-corrected chi connectivity index (χ0v) is 19.7. The number of hydrogen-bond acceptors (Lipinski definition) is 6. The third-order valence-electron chi connectivity index (χ3n) is 6.14. The Kier molecular flexibility index (Phi) is 7.15. The highest BCUT2D eigenvalue weighted by Crippen LogP contribution is 2.27. The van der Waals surface area contributed by atoms with Gasteiger partial charge in [-0.15, -0.1) is 0 Å². The van der Waals surface area contributed by atoms with Crippen molar-refractivity contribution in [2.24, 2.45) is 11.8 Å². The predicted octanol–water partition coefficient (Wildman–Crippen LogP) is 4.38. The first-order valence-corrected chi connectivity index (χ1v) is 12.7. The Morgan fingerprint density at radius 2 is 1.84 bits per heavy atom. The van der Waals surface area contributed by atoms with Crippen LogP contribution in [0.1, 0.15) is 25.8 Å². The molecule has 0 spiro atoms. The summed E-state index contributed by atoms with van der Waals surface area (Å²) in [6.45, 7) is 6.97. The third kappa shape index (κ3) is 5.33. The third-order valence-corrected chi connectivity index (χ3v) is 7.08. The summed E-state index contributed by atoms with van der Waals surface area (Å²) in [5, 5.41) is 0. The molecule has 3 atom stereocenters. The van der Waals surface area contributed by atoms with Gasteiger partial charge >= 0.3 is 0 Å². The van der Waals surface area contributed by atoms with Crippen molar-refractivity contribution in [2.75, 3.05) is 30.9 Å². The van der Waals surface area contributed by atoms with E-state index in [1.54, 1.807) is 12.5 Å². The number of anilines is 1. The molecule has 1 fully saturated rings. The number of aryl methyl sites for hydroxylation is 1. The van der Waals surface area contributed by atoms with Crippen LogP contribution in [0, 0.1) is 11.8 Å². The van der Waals surface area contributed by atoms with E-state index in [9.17, 15) is 4.21 Å². The topological polar surface area (TPSA) is 68.2 Å². The number of aromatic nitrogens is 3. The first-order valence-electron chi connectivity index (χ1n) is 11.1. The summed E-state index contributed by atoms with van der Waals surface area (Å²) in [7, 11) is -0.971. The van der Waals surface area contributed by atoms with Gasteiger partial charge in [0.25, 0.3) is 0 Å². The van der Waals surface area contributed by atoms with E-state index in [1.165, 1.54) is 5.56 Å². The molecule has 168 valence electrons. The molecular formula is C25H30N4O2S. The number of nitrogens with zero attached hydrogens (tertiary/aromatic N) is 4. The molecule has 1 saturated heterocycles. The average Bonchev–Trinajstić information content (AvgIpc) is 3.33. The highest BCUT2D eigenvalue weighted by atomic mass is 32.2. The van der Waals surface area contributed by atoms with Crippen LogP contribution < -0.4 is 9.64 Å². The molecule has 0 amide bonds. The van der Waals surface area contributed by atoms with Gasteiger partial charge in [-0.1, -0.05) is 26.0 Å². The lowest BCUT2D eigenvalue weighted by molar-refractivity contribution is 0.215. The molecular weight excluding hydrogens is 420 g/mol. The van der Waals surface area contributed by atoms with Gasteiger partial charge in [0.15, 0.2) is 0 Å². The van der Waals surface area contributed by atoms with Crippen LogP contribution in [0.25, 0.3) is 11.3 Å². The molecule has 1 aliphatic heterocycles. The number of benzene rings is 1. The summed E-state index contributed by atoms with van der Waals surface area (Å²) in [6.07, 6.45) is 9.40. The molecule has 6 nitrogen and oxygen atoms in total. The van der Waals surface area contributed by atoms with Crippen molar-refractivity contribution in [3.05, 3.63) is 60.6 Å². The summed E-state index contributed by atoms with van der Waals surface area (Å²) < 4.78 is 17.6. The van der Waals surface area contributed by atoms with E-state index in [2.05, 4.69) is 33.7 Å². The molecule has 3 aromatic rings. The first kappa shape index (κ1) is 22.4. The largest absolute Gasteiger partial charge is 0.492 e. The van der Waals surface area contributed by atoms with E-state index >= 15 is 0 Å². The van der Waals surface area contributed by atoms with Gasteiger partial charge in [0.1, 0.15) is 5.75 Å². The lowest BCUT2D eigenvalue weighted by atomic mass is 9.94. The van der Waals surface area contributed by atoms with Gasteiger partial charge < -0.3 is 9.64 Å². The molecule has 3 heterocycles. The molecule has 0 radical (unpaired) electrons. The van der Waals surface area contributed by atoms with Crippen molar-refractivity contribution in [3.63, 3.8) is 0 Å². The molecule has 2 aromatic heterocycles. The van der Waals surface area contributed by atoms with E-state index in [4.69, 9.17) is 4.74 Å². The molecule has 1 aliphatic rings. The van der Waals surface area contributed by atoms with Gasteiger partial charge in [0.2, 0.25) is 5.95 Å². The fraction of sp³-hybridized carbons (Fsp3) is 0.400. The Hall–Kier alpha value is -2.80. The quantitative estimate of drug-likeness (QED) is 0.507. The molecule has 0 aliphatic carbocycles. The van der Waals surface area contributed by atoms with Crippen LogP contribution in [-0.4, -0.2) is 45.1 Å². The van der Waals surface area contributed by atoms with E-state index in [0.717, 1.165) is 53.8 Å². The Bertz CT molecular complexity index is 1040. The molecule has 1 aromatic carbocycles. The molecule has 0 saturated carbocycles. The molecule has 4 rings (SSSR count). The number of ether oxygens (including phenoxy) is 1. The van der Waals surface area contributed by atoms with Crippen molar-refractivity contribution in [2.45, 2.75) is 31.6 Å². The van der Waals surface area contributed by atoms with E-state index in [-0.39, 0.29) is 0 Å². The minimum absolute atomic E-state index is 0.428. The number of hydrogen-bond donors (Lipinski definition) is 0. The normalized spacial score (nSPS) is 17.8. The van der Waals surface area contributed by atoms with Crippen molar-refractivity contribution >= 4 is 16.7 Å². The lowest BCUT2D eigenvalue weighted by Crippen LogP contribution is -2.25. The van der Waals surface area contributed by atoms with E-state index in [0.29, 0.717) is 18.4 Å². The second-order valence-electron chi connectivity index (χ2n) is 8.39. The van der Waals surface area contributed by atoms with Gasteiger partial charge in [-0.2, -0.15) is 0 Å². The maximum atomic E-state index is 11.5. The fourth-order valence-electron chi connectivity index (χ4n) is 3.94. The van der Waals surface area contributed by atoms with Gasteiger partial charge in [-0.05, 0) is 54.5 Å². The van der Waals surface area contributed by atoms with Gasteiger partial charge in [-0.3, -0.25) is 9.19 Å². The van der Waals surface area contributed by atoms with Crippen LogP contribution in [0.4, 0.5) is 5.95 Å². The Balaban J connectivity index is 1.29. The second kappa shape index (κ2) is 10.2. The summed E-state index contributed by atoms with van der Waals surface area (Å²) in [5.41, 5.74) is 3.04. The standard InChI is InChI=1S/C25H30N4O2S/c1-4-19-13-27-25(28-14-19)29-12-11-21(16-29)18(2)17-31-22-7-10-24(26-15-22)20-5-8-23(9-6-20)32(3)30/h5-10,13-15,18,21H,4,11-12,16-17H2,1-3H3/t18-,21?,32?/m1/s1. The van der Waals surface area contributed by atoms with Crippen LogP contribution in [0.5, 0.6) is 5.75 Å². The Morgan fingerprint density at radius 1 is 1.09 bits per heavy atom. The smallest absolute Gasteiger partial charge is 0.225 e. The number of rotatable bonds is 8. The minimum Gasteiger partial charge on any atom is -0.492 e.